The molecule has 9 nitrogen and oxygen atoms in total. The van der Waals surface area contributed by atoms with E-state index in [2.05, 4.69) is 8.37 Å². The molecule has 2 fully saturated rings. The molecule has 4 aliphatic carbocycles. The molecule has 0 aromatic heterocycles. The molecule has 2 aromatic carbocycles. The van der Waals surface area contributed by atoms with E-state index in [9.17, 15) is 52.8 Å². The van der Waals surface area contributed by atoms with Crippen molar-refractivity contribution < 1.29 is 65.9 Å². The van der Waals surface area contributed by atoms with Gasteiger partial charge >= 0.3 is 43.2 Å². The number of carbonyl (C=O) groups is 2. The predicted octanol–water partition coefficient (Wildman–Crippen LogP) is 7.93. The van der Waals surface area contributed by atoms with Crippen molar-refractivity contribution in [3.8, 4) is 11.5 Å². The zero-order valence-corrected chi connectivity index (χ0v) is 31.1. The van der Waals surface area contributed by atoms with Crippen LogP contribution in [0, 0.1) is 22.7 Å². The maximum atomic E-state index is 14.2. The van der Waals surface area contributed by atoms with Crippen molar-refractivity contribution in [2.45, 2.75) is 114 Å². The van der Waals surface area contributed by atoms with Crippen LogP contribution in [0.4, 0.5) is 26.3 Å². The van der Waals surface area contributed by atoms with Gasteiger partial charge in [-0.25, -0.2) is 0 Å². The quantitative estimate of drug-likeness (QED) is 0.0941. The van der Waals surface area contributed by atoms with Crippen LogP contribution in [0.1, 0.15) is 101 Å². The van der Waals surface area contributed by atoms with Crippen LogP contribution in [0.5, 0.6) is 11.5 Å². The van der Waals surface area contributed by atoms with E-state index < -0.39 is 88.2 Å². The smallest absolute Gasteiger partial charge is 0.392 e. The molecule has 53 heavy (non-hydrogen) atoms. The number of hydrogen-bond acceptors (Lipinski definition) is 9. The Kier molecular flexibility index (Phi) is 9.36. The van der Waals surface area contributed by atoms with Gasteiger partial charge in [-0.15, -0.1) is 0 Å². The average Bonchev–Trinajstić information content (AvgIpc) is 3.03. The Balaban J connectivity index is 1.25. The van der Waals surface area contributed by atoms with Crippen LogP contribution in [-0.4, -0.2) is 39.8 Å². The highest BCUT2D eigenvalue weighted by Gasteiger charge is 2.60. The fourth-order valence-corrected chi connectivity index (χ4v) is 11.0. The second kappa shape index (κ2) is 12.6. The van der Waals surface area contributed by atoms with Gasteiger partial charge in [-0.3, -0.25) is 9.59 Å². The summed E-state index contributed by atoms with van der Waals surface area (Å²) in [5.74, 6) is -3.35. The van der Waals surface area contributed by atoms with Gasteiger partial charge in [0.25, 0.3) is 0 Å². The fraction of sp³-hybridized carbons (Fsp3) is 0.611. The third-order valence-corrected chi connectivity index (χ3v) is 14.7. The zero-order chi connectivity index (χ0) is 39.2. The molecule has 0 spiro atoms. The van der Waals surface area contributed by atoms with Gasteiger partial charge in [0.1, 0.15) is 11.5 Å². The lowest BCUT2D eigenvalue weighted by Gasteiger charge is -2.55. The molecule has 0 radical (unpaired) electrons. The number of hydrogen-bond donors (Lipinski definition) is 0. The molecule has 292 valence electrons. The van der Waals surface area contributed by atoms with Crippen molar-refractivity contribution in [2.24, 2.45) is 22.7 Å². The summed E-state index contributed by atoms with van der Waals surface area (Å²) in [6, 6.07) is 7.96. The number of rotatable bonds is 6. The molecule has 0 bridgehead atoms. The minimum absolute atomic E-state index is 0.363. The third-order valence-electron chi connectivity index (χ3n) is 12.8. The molecule has 2 aromatic rings. The first-order chi connectivity index (χ1) is 24.3. The van der Waals surface area contributed by atoms with E-state index in [1.165, 1.54) is 36.4 Å². The third kappa shape index (κ3) is 6.40. The Labute approximate surface area is 304 Å². The molecular weight excluding hydrogens is 755 g/mol. The van der Waals surface area contributed by atoms with Crippen LogP contribution in [0.3, 0.4) is 0 Å². The number of carbonyl (C=O) groups excluding carboxylic acids is 2. The van der Waals surface area contributed by atoms with Crippen molar-refractivity contribution in [3.05, 3.63) is 58.7 Å². The molecule has 17 heteroatoms. The highest BCUT2D eigenvalue weighted by atomic mass is 32.2. The van der Waals surface area contributed by atoms with Crippen molar-refractivity contribution in [3.63, 3.8) is 0 Å². The van der Waals surface area contributed by atoms with Crippen LogP contribution >= 0.6 is 0 Å². The summed E-state index contributed by atoms with van der Waals surface area (Å²) in [5.41, 5.74) is -12.5. The lowest BCUT2D eigenvalue weighted by atomic mass is 9.49. The number of alkyl halides is 6. The van der Waals surface area contributed by atoms with Crippen LogP contribution in [0.15, 0.2) is 36.4 Å². The van der Waals surface area contributed by atoms with Crippen molar-refractivity contribution in [1.29, 1.82) is 0 Å². The summed E-state index contributed by atoms with van der Waals surface area (Å²) >= 11 is 0. The molecular formula is C36H40F6O9S2. The Morgan fingerprint density at radius 2 is 0.981 bits per heavy atom. The van der Waals surface area contributed by atoms with E-state index in [1.807, 2.05) is 13.8 Å². The zero-order valence-electron chi connectivity index (χ0n) is 29.4. The van der Waals surface area contributed by atoms with E-state index >= 15 is 0 Å². The van der Waals surface area contributed by atoms with Crippen LogP contribution in [0.2, 0.25) is 0 Å². The van der Waals surface area contributed by atoms with Gasteiger partial charge in [-0.05, 0) is 134 Å². The molecule has 0 heterocycles. The molecule has 0 aliphatic heterocycles. The minimum Gasteiger partial charge on any atom is -0.392 e. The Morgan fingerprint density at radius 3 is 1.32 bits per heavy atom. The predicted molar refractivity (Wildman–Crippen MR) is 177 cm³/mol. The topological polar surface area (TPSA) is 130 Å². The van der Waals surface area contributed by atoms with Gasteiger partial charge in [0, 0.05) is 0 Å². The lowest BCUT2D eigenvalue weighted by molar-refractivity contribution is -0.184. The van der Waals surface area contributed by atoms with Crippen molar-refractivity contribution in [2.75, 3.05) is 0 Å². The van der Waals surface area contributed by atoms with Gasteiger partial charge < -0.3 is 13.1 Å². The molecule has 0 amide bonds. The Bertz CT molecular complexity index is 1920. The summed E-state index contributed by atoms with van der Waals surface area (Å²) in [6.45, 7) is 7.17. The first kappa shape index (κ1) is 39.4. The van der Waals surface area contributed by atoms with E-state index in [-0.39, 0.29) is 0 Å². The highest BCUT2D eigenvalue weighted by Crippen LogP contribution is 2.60. The maximum Gasteiger partial charge on any atom is 0.534 e. The SMILES string of the molecule is C[C@]1(C(=O)OC(=O)[C@@]2(C)CCC[C@]3(C)c4cc(OS(=O)(=O)C(F)(F)F)ccc4CC[C@@H]23)CCC[C@]2(C)c3cc(OS(=O)(=O)C(F)(F)F)ccc3CC[C@@H]12. The molecule has 4 aliphatic rings. The van der Waals surface area contributed by atoms with Gasteiger partial charge in [0.15, 0.2) is 0 Å². The first-order valence-electron chi connectivity index (χ1n) is 17.3. The lowest BCUT2D eigenvalue weighted by Crippen LogP contribution is -2.56. The summed E-state index contributed by atoms with van der Waals surface area (Å²) in [6.07, 6.45) is 4.65. The number of fused-ring (bicyclic) bond motifs is 6. The number of esters is 2. The Hall–Kier alpha value is -3.34. The van der Waals surface area contributed by atoms with Gasteiger partial charge in [0.05, 0.1) is 10.8 Å². The van der Waals surface area contributed by atoms with Gasteiger partial charge in [-0.1, -0.05) is 38.8 Å². The Morgan fingerprint density at radius 1 is 0.623 bits per heavy atom. The second-order valence-electron chi connectivity index (χ2n) is 15.8. The molecule has 6 rings (SSSR count). The van der Waals surface area contributed by atoms with Crippen molar-refractivity contribution >= 4 is 32.2 Å². The van der Waals surface area contributed by atoms with Crippen LogP contribution in [0.25, 0.3) is 0 Å². The van der Waals surface area contributed by atoms with E-state index in [0.717, 1.165) is 11.1 Å². The summed E-state index contributed by atoms with van der Waals surface area (Å²) in [7, 11) is -11.8. The van der Waals surface area contributed by atoms with Crippen LogP contribution in [-0.2, 0) is 58.2 Å². The van der Waals surface area contributed by atoms with Crippen molar-refractivity contribution in [1.82, 2.24) is 0 Å². The molecule has 0 N–H and O–H groups in total. The van der Waals surface area contributed by atoms with E-state index in [0.29, 0.717) is 75.3 Å². The molecule has 6 atom stereocenters. The molecule has 0 unspecified atom stereocenters. The summed E-state index contributed by atoms with van der Waals surface area (Å²) in [4.78, 5) is 28.5. The number of aryl methyl sites for hydroxylation is 2. The largest absolute Gasteiger partial charge is 0.534 e. The minimum atomic E-state index is -5.92. The normalized spacial score (nSPS) is 31.6. The van der Waals surface area contributed by atoms with E-state index in [4.69, 9.17) is 4.74 Å². The monoisotopic (exact) mass is 794 g/mol. The fourth-order valence-electron chi connectivity index (χ4n) is 10.1. The molecule has 2 saturated carbocycles. The highest BCUT2D eigenvalue weighted by molar-refractivity contribution is 7.88. The van der Waals surface area contributed by atoms with E-state index in [1.54, 1.807) is 13.8 Å². The van der Waals surface area contributed by atoms with Gasteiger partial charge in [0.2, 0.25) is 0 Å². The first-order valence-corrected chi connectivity index (χ1v) is 20.2. The van der Waals surface area contributed by atoms with Crippen LogP contribution < -0.4 is 8.37 Å². The van der Waals surface area contributed by atoms with Gasteiger partial charge in [-0.2, -0.15) is 43.2 Å². The second-order valence-corrected chi connectivity index (χ2v) is 18.9. The summed E-state index contributed by atoms with van der Waals surface area (Å²) < 4.78 is 140. The molecule has 0 saturated heterocycles. The average molecular weight is 795 g/mol. The standard InChI is InChI=1S/C36H40F6O9S2/c1-31-15-5-17-33(3,27(31)13-9-21-7-11-23(19-25(21)31)50-52(45,46)35(37,38)39)29(43)49-30(44)34(4)18-6-16-32(2)26-20-24(51-53(47,48)36(40,41)42)12-8-22(26)10-14-28(32)34/h7-8,11-12,19-20,27-28H,5-6,9-10,13-18H2,1-4H3/t27-,28-,31-,32-,33+,34+/m1/s1. The summed E-state index contributed by atoms with van der Waals surface area (Å²) in [5, 5.41) is 0. The number of ether oxygens (including phenoxy) is 1. The number of halogens is 6. The maximum absolute atomic E-state index is 14.2. The number of benzene rings is 2.